The Morgan fingerprint density at radius 3 is 2.19 bits per heavy atom. The lowest BCUT2D eigenvalue weighted by Gasteiger charge is -2.37. The van der Waals surface area contributed by atoms with Crippen molar-refractivity contribution < 1.29 is 5.11 Å². The summed E-state index contributed by atoms with van der Waals surface area (Å²) in [6.07, 6.45) is 9.30. The molecule has 0 bridgehead atoms. The molecular weight excluding hydrogens is 198 g/mol. The minimum Gasteiger partial charge on any atom is -0.394 e. The number of aliphatic hydroxyl groups excluding tert-OH is 1. The minimum atomic E-state index is 0.00369. The third kappa shape index (κ3) is 2.78. The summed E-state index contributed by atoms with van der Waals surface area (Å²) in [5.41, 5.74) is 0.00369. The van der Waals surface area contributed by atoms with Gasteiger partial charge in [0.05, 0.1) is 6.61 Å². The molecule has 1 atom stereocenters. The predicted molar refractivity (Wildman–Crippen MR) is 67.4 cm³/mol. The third-order valence-electron chi connectivity index (χ3n) is 4.76. The summed E-state index contributed by atoms with van der Waals surface area (Å²) in [5, 5.41) is 13.3. The topological polar surface area (TPSA) is 32.3 Å². The lowest BCUT2D eigenvalue weighted by Crippen LogP contribution is -2.53. The molecule has 0 aromatic heterocycles. The van der Waals surface area contributed by atoms with E-state index in [1.165, 1.54) is 44.9 Å². The van der Waals surface area contributed by atoms with E-state index >= 15 is 0 Å². The summed E-state index contributed by atoms with van der Waals surface area (Å²) in [6, 6.07) is 0.653. The molecule has 0 heterocycles. The van der Waals surface area contributed by atoms with Crippen molar-refractivity contribution in [3.63, 3.8) is 0 Å². The summed E-state index contributed by atoms with van der Waals surface area (Å²) < 4.78 is 0. The molecule has 2 rings (SSSR count). The molecule has 2 nitrogen and oxygen atoms in total. The third-order valence-corrected chi connectivity index (χ3v) is 4.76. The molecule has 0 aromatic rings. The van der Waals surface area contributed by atoms with Gasteiger partial charge in [-0.25, -0.2) is 0 Å². The van der Waals surface area contributed by atoms with Gasteiger partial charge in [0.15, 0.2) is 0 Å². The molecule has 1 unspecified atom stereocenters. The first-order valence-electron chi connectivity index (χ1n) is 7.06. The van der Waals surface area contributed by atoms with E-state index in [1.54, 1.807) is 0 Å². The molecule has 16 heavy (non-hydrogen) atoms. The van der Waals surface area contributed by atoms with Crippen LogP contribution in [0.25, 0.3) is 0 Å². The van der Waals surface area contributed by atoms with Crippen LogP contribution in [-0.4, -0.2) is 23.3 Å². The van der Waals surface area contributed by atoms with Gasteiger partial charge in [-0.05, 0) is 57.3 Å². The number of hydrogen-bond acceptors (Lipinski definition) is 2. The maximum absolute atomic E-state index is 9.56. The van der Waals surface area contributed by atoms with Gasteiger partial charge in [0.2, 0.25) is 0 Å². The van der Waals surface area contributed by atoms with E-state index in [0.29, 0.717) is 12.6 Å². The molecule has 0 aromatic carbocycles. The van der Waals surface area contributed by atoms with Gasteiger partial charge >= 0.3 is 0 Å². The molecule has 2 heteroatoms. The Bertz CT molecular complexity index is 219. The average Bonchev–Trinajstić information content (AvgIpc) is 3.14. The first kappa shape index (κ1) is 12.4. The standard InChI is InChI=1S/C14H27NO/c1-3-11-4-8-13(9-5-11)15-14(2,10-16)12-6-7-12/h11-13,15-16H,3-10H2,1-2H3. The van der Waals surface area contributed by atoms with Crippen LogP contribution in [0.15, 0.2) is 0 Å². The van der Waals surface area contributed by atoms with E-state index in [9.17, 15) is 5.11 Å². The Labute approximate surface area is 99.8 Å². The molecule has 0 saturated heterocycles. The van der Waals surface area contributed by atoms with Crippen LogP contribution in [-0.2, 0) is 0 Å². The smallest absolute Gasteiger partial charge is 0.0613 e. The van der Waals surface area contributed by atoms with Gasteiger partial charge in [-0.2, -0.15) is 0 Å². The second-order valence-corrected chi connectivity index (χ2v) is 6.12. The number of nitrogens with one attached hydrogen (secondary N) is 1. The van der Waals surface area contributed by atoms with Gasteiger partial charge in [0.25, 0.3) is 0 Å². The van der Waals surface area contributed by atoms with Gasteiger partial charge in [0.1, 0.15) is 0 Å². The number of aliphatic hydroxyl groups is 1. The van der Waals surface area contributed by atoms with E-state index in [2.05, 4.69) is 19.2 Å². The molecule has 2 saturated carbocycles. The van der Waals surface area contributed by atoms with Crippen LogP contribution in [0.1, 0.15) is 58.8 Å². The van der Waals surface area contributed by atoms with Crippen molar-refractivity contribution >= 4 is 0 Å². The SMILES string of the molecule is CCC1CCC(NC(C)(CO)C2CC2)CC1. The van der Waals surface area contributed by atoms with E-state index in [-0.39, 0.29) is 5.54 Å². The zero-order valence-corrected chi connectivity index (χ0v) is 10.8. The second-order valence-electron chi connectivity index (χ2n) is 6.12. The van der Waals surface area contributed by atoms with Crippen molar-refractivity contribution in [2.75, 3.05) is 6.61 Å². The molecule has 2 aliphatic rings. The highest BCUT2D eigenvalue weighted by atomic mass is 16.3. The first-order chi connectivity index (χ1) is 7.68. The summed E-state index contributed by atoms with van der Waals surface area (Å²) in [7, 11) is 0. The van der Waals surface area contributed by atoms with E-state index in [4.69, 9.17) is 0 Å². The Hall–Kier alpha value is -0.0800. The maximum atomic E-state index is 9.56. The van der Waals surface area contributed by atoms with Crippen molar-refractivity contribution in [2.45, 2.75) is 70.4 Å². The monoisotopic (exact) mass is 225 g/mol. The predicted octanol–water partition coefficient (Wildman–Crippen LogP) is 2.71. The van der Waals surface area contributed by atoms with Crippen LogP contribution >= 0.6 is 0 Å². The van der Waals surface area contributed by atoms with Crippen LogP contribution in [0.3, 0.4) is 0 Å². The normalized spacial score (nSPS) is 34.7. The molecule has 2 aliphatic carbocycles. The molecular formula is C14H27NO. The zero-order chi connectivity index (χ0) is 11.6. The average molecular weight is 225 g/mol. The molecule has 0 spiro atoms. The van der Waals surface area contributed by atoms with Gasteiger partial charge in [-0.15, -0.1) is 0 Å². The lowest BCUT2D eigenvalue weighted by atomic mass is 9.83. The van der Waals surface area contributed by atoms with Gasteiger partial charge in [0, 0.05) is 11.6 Å². The quantitative estimate of drug-likeness (QED) is 0.754. The fourth-order valence-electron chi connectivity index (χ4n) is 3.19. The molecule has 0 radical (unpaired) electrons. The van der Waals surface area contributed by atoms with Crippen LogP contribution in [0.4, 0.5) is 0 Å². The van der Waals surface area contributed by atoms with Gasteiger partial charge < -0.3 is 10.4 Å². The summed E-state index contributed by atoms with van der Waals surface area (Å²) >= 11 is 0. The highest BCUT2D eigenvalue weighted by molar-refractivity contribution is 4.99. The minimum absolute atomic E-state index is 0.00369. The van der Waals surface area contributed by atoms with Crippen molar-refractivity contribution in [2.24, 2.45) is 11.8 Å². The highest BCUT2D eigenvalue weighted by Gasteiger charge is 2.42. The number of rotatable bonds is 5. The maximum Gasteiger partial charge on any atom is 0.0613 e. The first-order valence-corrected chi connectivity index (χ1v) is 7.06. The van der Waals surface area contributed by atoms with E-state index < -0.39 is 0 Å². The van der Waals surface area contributed by atoms with Gasteiger partial charge in [-0.1, -0.05) is 13.3 Å². The molecule has 94 valence electrons. The Balaban J connectivity index is 1.81. The second kappa shape index (κ2) is 5.05. The molecule has 0 amide bonds. The summed E-state index contributed by atoms with van der Waals surface area (Å²) in [4.78, 5) is 0. The lowest BCUT2D eigenvalue weighted by molar-refractivity contribution is 0.126. The van der Waals surface area contributed by atoms with Crippen molar-refractivity contribution in [1.29, 1.82) is 0 Å². The summed E-state index contributed by atoms with van der Waals surface area (Å²) in [6.45, 7) is 4.81. The van der Waals surface area contributed by atoms with Crippen molar-refractivity contribution in [1.82, 2.24) is 5.32 Å². The van der Waals surface area contributed by atoms with Crippen LogP contribution < -0.4 is 5.32 Å². The van der Waals surface area contributed by atoms with E-state index in [1.807, 2.05) is 0 Å². The zero-order valence-electron chi connectivity index (χ0n) is 10.8. The molecule has 0 aliphatic heterocycles. The fraction of sp³-hybridized carbons (Fsp3) is 1.00. The summed E-state index contributed by atoms with van der Waals surface area (Å²) in [5.74, 6) is 1.68. The molecule has 2 N–H and O–H groups in total. The van der Waals surface area contributed by atoms with Gasteiger partial charge in [-0.3, -0.25) is 0 Å². The molecule has 2 fully saturated rings. The highest BCUT2D eigenvalue weighted by Crippen LogP contribution is 2.40. The van der Waals surface area contributed by atoms with Crippen molar-refractivity contribution in [3.8, 4) is 0 Å². The Morgan fingerprint density at radius 1 is 1.12 bits per heavy atom. The number of hydrogen-bond donors (Lipinski definition) is 2. The van der Waals surface area contributed by atoms with Crippen LogP contribution in [0.2, 0.25) is 0 Å². The largest absolute Gasteiger partial charge is 0.394 e. The Morgan fingerprint density at radius 2 is 1.75 bits per heavy atom. The Kier molecular flexibility index (Phi) is 3.91. The fourth-order valence-corrected chi connectivity index (χ4v) is 3.19. The van der Waals surface area contributed by atoms with Crippen LogP contribution in [0.5, 0.6) is 0 Å². The van der Waals surface area contributed by atoms with Crippen molar-refractivity contribution in [3.05, 3.63) is 0 Å². The van der Waals surface area contributed by atoms with Crippen LogP contribution in [0, 0.1) is 11.8 Å². The van der Waals surface area contributed by atoms with E-state index in [0.717, 1.165) is 11.8 Å².